The monoisotopic (exact) mass is 328 g/mol. The lowest BCUT2D eigenvalue weighted by molar-refractivity contribution is 0.469. The minimum absolute atomic E-state index is 0.774. The molecule has 2 aromatic rings. The van der Waals surface area contributed by atoms with E-state index in [1.165, 1.54) is 0 Å². The van der Waals surface area contributed by atoms with Crippen molar-refractivity contribution < 1.29 is 0 Å². The van der Waals surface area contributed by atoms with Gasteiger partial charge in [0.05, 0.1) is 0 Å². The molecule has 6 heteroatoms. The lowest BCUT2D eigenvalue weighted by atomic mass is 10.3. The molecule has 0 bridgehead atoms. The molecular formula is C18H28N6. The van der Waals surface area contributed by atoms with Gasteiger partial charge >= 0.3 is 0 Å². The molecule has 0 radical (unpaired) electrons. The summed E-state index contributed by atoms with van der Waals surface area (Å²) in [6.45, 7) is 8.49. The fourth-order valence-corrected chi connectivity index (χ4v) is 2.53. The average Bonchev–Trinajstić information content (AvgIpc) is 3.01. The van der Waals surface area contributed by atoms with E-state index in [9.17, 15) is 0 Å². The number of hydrogen-bond donors (Lipinski definition) is 1. The summed E-state index contributed by atoms with van der Waals surface area (Å²) in [4.78, 5) is 6.90. The SMILES string of the molecule is C=CCCCN(C)C(=NCCCc1nnc2ccccn12)NCC. The van der Waals surface area contributed by atoms with Gasteiger partial charge in [-0.2, -0.15) is 0 Å². The quantitative estimate of drug-likeness (QED) is 0.333. The molecule has 0 aliphatic rings. The molecule has 0 saturated heterocycles. The van der Waals surface area contributed by atoms with Gasteiger partial charge in [-0.25, -0.2) is 0 Å². The number of allylic oxidation sites excluding steroid dienone is 1. The van der Waals surface area contributed by atoms with Crippen LogP contribution >= 0.6 is 0 Å². The van der Waals surface area contributed by atoms with Gasteiger partial charge in [0.15, 0.2) is 11.6 Å². The van der Waals surface area contributed by atoms with Crippen molar-refractivity contribution in [3.63, 3.8) is 0 Å². The van der Waals surface area contributed by atoms with Gasteiger partial charge in [0.2, 0.25) is 0 Å². The number of aromatic nitrogens is 3. The molecule has 1 N–H and O–H groups in total. The molecule has 6 nitrogen and oxygen atoms in total. The van der Waals surface area contributed by atoms with E-state index < -0.39 is 0 Å². The molecule has 0 fully saturated rings. The molecule has 2 rings (SSSR count). The molecule has 24 heavy (non-hydrogen) atoms. The summed E-state index contributed by atoms with van der Waals surface area (Å²) in [5.41, 5.74) is 0.895. The molecule has 0 amide bonds. The minimum Gasteiger partial charge on any atom is -0.357 e. The van der Waals surface area contributed by atoms with E-state index in [4.69, 9.17) is 4.99 Å². The van der Waals surface area contributed by atoms with E-state index in [1.54, 1.807) is 0 Å². The molecule has 0 unspecified atom stereocenters. The molecule has 0 saturated carbocycles. The maximum absolute atomic E-state index is 4.72. The van der Waals surface area contributed by atoms with Crippen LogP contribution in [0.1, 0.15) is 32.0 Å². The Balaban J connectivity index is 1.86. The van der Waals surface area contributed by atoms with Crippen molar-refractivity contribution in [1.82, 2.24) is 24.8 Å². The molecule has 0 spiro atoms. The largest absolute Gasteiger partial charge is 0.357 e. The Morgan fingerprint density at radius 2 is 2.25 bits per heavy atom. The Morgan fingerprint density at radius 3 is 3.04 bits per heavy atom. The van der Waals surface area contributed by atoms with E-state index in [0.29, 0.717) is 0 Å². The number of guanidine groups is 1. The van der Waals surface area contributed by atoms with E-state index in [0.717, 1.165) is 62.7 Å². The van der Waals surface area contributed by atoms with E-state index in [1.807, 2.05) is 34.9 Å². The fourth-order valence-electron chi connectivity index (χ4n) is 2.53. The van der Waals surface area contributed by atoms with Crippen molar-refractivity contribution in [1.29, 1.82) is 0 Å². The van der Waals surface area contributed by atoms with Gasteiger partial charge in [-0.3, -0.25) is 9.39 Å². The first-order valence-corrected chi connectivity index (χ1v) is 8.65. The first-order valence-electron chi connectivity index (χ1n) is 8.65. The standard InChI is InChI=1S/C18H28N6/c1-4-6-8-14-23(3)18(19-5-2)20-13-10-12-17-22-21-16-11-7-9-15-24(16)17/h4,7,9,11,15H,1,5-6,8,10,12-14H2,2-3H3,(H,19,20). The molecule has 0 aliphatic heterocycles. The first kappa shape index (κ1) is 18.0. The van der Waals surface area contributed by atoms with Crippen LogP contribution in [0.2, 0.25) is 0 Å². The third-order valence-corrected chi connectivity index (χ3v) is 3.80. The normalized spacial score (nSPS) is 11.7. The van der Waals surface area contributed by atoms with Gasteiger partial charge in [-0.1, -0.05) is 12.1 Å². The van der Waals surface area contributed by atoms with Crippen LogP contribution in [0.15, 0.2) is 42.0 Å². The van der Waals surface area contributed by atoms with Crippen molar-refractivity contribution in [2.75, 3.05) is 26.7 Å². The topological polar surface area (TPSA) is 57.8 Å². The van der Waals surface area contributed by atoms with Crippen molar-refractivity contribution in [2.45, 2.75) is 32.6 Å². The Labute approximate surface area is 144 Å². The lowest BCUT2D eigenvalue weighted by Gasteiger charge is -2.21. The molecule has 0 aliphatic carbocycles. The van der Waals surface area contributed by atoms with Crippen LogP contribution in [0.5, 0.6) is 0 Å². The Bertz CT molecular complexity index is 660. The van der Waals surface area contributed by atoms with Gasteiger partial charge in [-0.15, -0.1) is 16.8 Å². The molecule has 130 valence electrons. The molecule has 2 aromatic heterocycles. The zero-order valence-corrected chi connectivity index (χ0v) is 14.8. The van der Waals surface area contributed by atoms with E-state index in [-0.39, 0.29) is 0 Å². The molecule has 0 aromatic carbocycles. The van der Waals surface area contributed by atoms with Crippen molar-refractivity contribution in [3.8, 4) is 0 Å². The fraction of sp³-hybridized carbons (Fsp3) is 0.500. The summed E-state index contributed by atoms with van der Waals surface area (Å²) in [5, 5.41) is 11.8. The highest BCUT2D eigenvalue weighted by Gasteiger charge is 2.06. The third kappa shape index (κ3) is 5.08. The number of rotatable bonds is 9. The number of nitrogens with zero attached hydrogens (tertiary/aromatic N) is 5. The van der Waals surface area contributed by atoms with E-state index >= 15 is 0 Å². The van der Waals surface area contributed by atoms with Crippen LogP contribution in [-0.4, -0.2) is 52.1 Å². The van der Waals surface area contributed by atoms with Gasteiger partial charge in [0, 0.05) is 39.3 Å². The highest BCUT2D eigenvalue weighted by Crippen LogP contribution is 2.05. The zero-order valence-electron chi connectivity index (χ0n) is 14.8. The predicted octanol–water partition coefficient (Wildman–Crippen LogP) is 2.53. The summed E-state index contributed by atoms with van der Waals surface area (Å²) in [6, 6.07) is 5.94. The van der Waals surface area contributed by atoms with Gasteiger partial charge in [-0.05, 0) is 38.3 Å². The van der Waals surface area contributed by atoms with E-state index in [2.05, 4.69) is 41.0 Å². The number of fused-ring (bicyclic) bond motifs is 1. The summed E-state index contributed by atoms with van der Waals surface area (Å²) in [7, 11) is 2.08. The second-order valence-corrected chi connectivity index (χ2v) is 5.74. The highest BCUT2D eigenvalue weighted by atomic mass is 15.3. The van der Waals surface area contributed by atoms with Crippen LogP contribution in [0, 0.1) is 0 Å². The van der Waals surface area contributed by atoms with Crippen LogP contribution in [0.4, 0.5) is 0 Å². The van der Waals surface area contributed by atoms with Gasteiger partial charge in [0.25, 0.3) is 0 Å². The summed E-state index contributed by atoms with van der Waals surface area (Å²) >= 11 is 0. The third-order valence-electron chi connectivity index (χ3n) is 3.80. The number of aryl methyl sites for hydroxylation is 1. The second kappa shape index (κ2) is 9.70. The second-order valence-electron chi connectivity index (χ2n) is 5.74. The summed E-state index contributed by atoms with van der Waals surface area (Å²) in [5.74, 6) is 1.96. The van der Waals surface area contributed by atoms with Crippen LogP contribution < -0.4 is 5.32 Å². The number of unbranched alkanes of at least 4 members (excludes halogenated alkanes) is 1. The maximum atomic E-state index is 4.72. The van der Waals surface area contributed by atoms with Crippen molar-refractivity contribution in [2.24, 2.45) is 4.99 Å². The van der Waals surface area contributed by atoms with Crippen LogP contribution in [0.25, 0.3) is 5.65 Å². The molecule has 2 heterocycles. The van der Waals surface area contributed by atoms with Crippen LogP contribution in [-0.2, 0) is 6.42 Å². The van der Waals surface area contributed by atoms with Crippen molar-refractivity contribution >= 4 is 11.6 Å². The Morgan fingerprint density at radius 1 is 1.38 bits per heavy atom. The minimum atomic E-state index is 0.774. The summed E-state index contributed by atoms with van der Waals surface area (Å²) < 4.78 is 2.04. The summed E-state index contributed by atoms with van der Waals surface area (Å²) in [6.07, 6.45) is 7.91. The first-order chi connectivity index (χ1) is 11.8. The lowest BCUT2D eigenvalue weighted by Crippen LogP contribution is -2.39. The highest BCUT2D eigenvalue weighted by molar-refractivity contribution is 5.79. The predicted molar refractivity (Wildman–Crippen MR) is 99.3 cm³/mol. The van der Waals surface area contributed by atoms with Gasteiger partial charge in [0.1, 0.15) is 5.82 Å². The molecule has 0 atom stereocenters. The smallest absolute Gasteiger partial charge is 0.193 e. The number of nitrogens with one attached hydrogen (secondary N) is 1. The van der Waals surface area contributed by atoms with Crippen molar-refractivity contribution in [3.05, 3.63) is 42.9 Å². The number of hydrogen-bond acceptors (Lipinski definition) is 3. The maximum Gasteiger partial charge on any atom is 0.193 e. The Hall–Kier alpha value is -2.37. The Kier molecular flexibility index (Phi) is 7.26. The van der Waals surface area contributed by atoms with Gasteiger partial charge < -0.3 is 10.2 Å². The average molecular weight is 328 g/mol. The molecular weight excluding hydrogens is 300 g/mol. The van der Waals surface area contributed by atoms with Crippen LogP contribution in [0.3, 0.4) is 0 Å². The zero-order chi connectivity index (χ0) is 17.2. The number of pyridine rings is 1. The number of aliphatic imine (C=N–C) groups is 1.